The molecule has 1 amide bonds. The van der Waals surface area contributed by atoms with Crippen LogP contribution in [0.4, 0.5) is 0 Å². The van der Waals surface area contributed by atoms with Crippen molar-refractivity contribution in [3.05, 3.63) is 113 Å². The monoisotopic (exact) mass is 459 g/mol. The van der Waals surface area contributed by atoms with Gasteiger partial charge in [0.15, 0.2) is 0 Å². The highest BCUT2D eigenvalue weighted by Gasteiger charge is 2.21. The van der Waals surface area contributed by atoms with Crippen molar-refractivity contribution in [3.63, 3.8) is 0 Å². The summed E-state index contributed by atoms with van der Waals surface area (Å²) in [7, 11) is 0. The Labute approximate surface area is 196 Å². The van der Waals surface area contributed by atoms with Crippen LogP contribution in [0.3, 0.4) is 0 Å². The molecule has 0 bridgehead atoms. The average molecular weight is 460 g/mol. The molecule has 6 heteroatoms. The summed E-state index contributed by atoms with van der Waals surface area (Å²) in [5.74, 6) is -0.819. The third-order valence-corrected chi connectivity index (χ3v) is 5.68. The number of hydrogen-bond acceptors (Lipinski definition) is 3. The van der Waals surface area contributed by atoms with E-state index in [0.717, 1.165) is 21.9 Å². The number of hydrogen-bond donors (Lipinski definition) is 2. The van der Waals surface area contributed by atoms with E-state index in [1.807, 2.05) is 78.9 Å². The average Bonchev–Trinajstić information content (AvgIpc) is 2.83. The number of ether oxygens (including phenoxy) is 1. The molecular formula is C27H22ClNO4. The van der Waals surface area contributed by atoms with Gasteiger partial charge in [0.1, 0.15) is 18.4 Å². The van der Waals surface area contributed by atoms with Crippen molar-refractivity contribution in [3.8, 4) is 5.75 Å². The fourth-order valence-electron chi connectivity index (χ4n) is 3.52. The second-order valence-electron chi connectivity index (χ2n) is 7.66. The van der Waals surface area contributed by atoms with Gasteiger partial charge in [-0.2, -0.15) is 0 Å². The highest BCUT2D eigenvalue weighted by molar-refractivity contribution is 6.31. The fraction of sp³-hybridized carbons (Fsp3) is 0.111. The third-order valence-electron chi connectivity index (χ3n) is 5.31. The molecule has 0 aliphatic heterocycles. The van der Waals surface area contributed by atoms with E-state index in [1.54, 1.807) is 12.1 Å². The zero-order valence-corrected chi connectivity index (χ0v) is 18.5. The van der Waals surface area contributed by atoms with Crippen molar-refractivity contribution >= 4 is 34.2 Å². The lowest BCUT2D eigenvalue weighted by molar-refractivity contribution is -0.139. The number of amides is 1. The summed E-state index contributed by atoms with van der Waals surface area (Å²) in [6.07, 6.45) is 0.210. The molecule has 4 rings (SSSR count). The normalized spacial score (nSPS) is 11.7. The third kappa shape index (κ3) is 5.70. The summed E-state index contributed by atoms with van der Waals surface area (Å²) >= 11 is 6.18. The maximum atomic E-state index is 12.7. The van der Waals surface area contributed by atoms with E-state index in [4.69, 9.17) is 16.3 Å². The minimum absolute atomic E-state index is 0.210. The van der Waals surface area contributed by atoms with Gasteiger partial charge in [0.2, 0.25) is 0 Å². The summed E-state index contributed by atoms with van der Waals surface area (Å²) < 4.78 is 5.87. The number of carboxylic acid groups (broad SMARTS) is 1. The molecule has 0 saturated carbocycles. The van der Waals surface area contributed by atoms with Crippen molar-refractivity contribution < 1.29 is 19.4 Å². The molecule has 4 aromatic rings. The largest absolute Gasteiger partial charge is 0.489 e. The minimum atomic E-state index is -1.08. The SMILES string of the molecule is O=C(NC(Cc1ccccc1)C(=O)O)c1ccc2cc(OCc3ccccc3Cl)ccc2c1. The number of carbonyl (C=O) groups excluding carboxylic acids is 1. The highest BCUT2D eigenvalue weighted by atomic mass is 35.5. The van der Waals surface area contributed by atoms with Crippen LogP contribution in [0, 0.1) is 0 Å². The number of carbonyl (C=O) groups is 2. The molecule has 1 unspecified atom stereocenters. The van der Waals surface area contributed by atoms with E-state index in [1.165, 1.54) is 0 Å². The van der Waals surface area contributed by atoms with Crippen molar-refractivity contribution in [1.29, 1.82) is 0 Å². The molecule has 0 radical (unpaired) electrons. The first kappa shape index (κ1) is 22.4. The van der Waals surface area contributed by atoms with Gasteiger partial charge >= 0.3 is 5.97 Å². The Kier molecular flexibility index (Phi) is 6.91. The number of carboxylic acids is 1. The second-order valence-corrected chi connectivity index (χ2v) is 8.07. The molecule has 0 heterocycles. The van der Waals surface area contributed by atoms with Gasteiger partial charge in [0.05, 0.1) is 0 Å². The van der Waals surface area contributed by atoms with Crippen molar-refractivity contribution in [1.82, 2.24) is 5.32 Å². The summed E-state index contributed by atoms with van der Waals surface area (Å²) in [5.41, 5.74) is 2.13. The number of halogens is 1. The van der Waals surface area contributed by atoms with Gasteiger partial charge in [-0.05, 0) is 46.7 Å². The lowest BCUT2D eigenvalue weighted by Crippen LogP contribution is -2.42. The lowest BCUT2D eigenvalue weighted by Gasteiger charge is -2.15. The van der Waals surface area contributed by atoms with Gasteiger partial charge in [0, 0.05) is 22.6 Å². The van der Waals surface area contributed by atoms with E-state index >= 15 is 0 Å². The Bertz CT molecular complexity index is 1290. The van der Waals surface area contributed by atoms with Gasteiger partial charge in [-0.3, -0.25) is 4.79 Å². The standard InChI is InChI=1S/C27H22ClNO4/c28-24-9-5-4-8-22(24)17-33-23-13-12-19-15-21(11-10-20(19)16-23)26(30)29-25(27(31)32)14-18-6-2-1-3-7-18/h1-13,15-16,25H,14,17H2,(H,29,30)(H,31,32). The van der Waals surface area contributed by atoms with Crippen molar-refractivity contribution in [2.75, 3.05) is 0 Å². The quantitative estimate of drug-likeness (QED) is 0.365. The fourth-order valence-corrected chi connectivity index (χ4v) is 3.71. The molecule has 33 heavy (non-hydrogen) atoms. The van der Waals surface area contributed by atoms with Gasteiger partial charge in [-0.15, -0.1) is 0 Å². The molecular weight excluding hydrogens is 438 g/mol. The Morgan fingerprint density at radius 1 is 0.879 bits per heavy atom. The van der Waals surface area contributed by atoms with Crippen LogP contribution in [0.5, 0.6) is 5.75 Å². The molecule has 4 aromatic carbocycles. The van der Waals surface area contributed by atoms with Crippen LogP contribution in [0.2, 0.25) is 5.02 Å². The number of aliphatic carboxylic acids is 1. The van der Waals surface area contributed by atoms with Crippen LogP contribution in [-0.4, -0.2) is 23.0 Å². The summed E-state index contributed by atoms with van der Waals surface area (Å²) in [6.45, 7) is 0.351. The van der Waals surface area contributed by atoms with E-state index in [2.05, 4.69) is 5.32 Å². The number of benzene rings is 4. The second kappa shape index (κ2) is 10.2. The first-order chi connectivity index (χ1) is 16.0. The van der Waals surface area contributed by atoms with E-state index in [0.29, 0.717) is 22.9 Å². The summed E-state index contributed by atoms with van der Waals surface area (Å²) in [6, 6.07) is 26.5. The maximum Gasteiger partial charge on any atom is 0.326 e. The topological polar surface area (TPSA) is 75.6 Å². The highest BCUT2D eigenvalue weighted by Crippen LogP contribution is 2.24. The Hall–Kier alpha value is -3.83. The molecule has 1 atom stereocenters. The number of fused-ring (bicyclic) bond motifs is 1. The lowest BCUT2D eigenvalue weighted by atomic mass is 10.0. The summed E-state index contributed by atoms with van der Waals surface area (Å²) in [4.78, 5) is 24.4. The first-order valence-electron chi connectivity index (χ1n) is 10.5. The first-order valence-corrected chi connectivity index (χ1v) is 10.8. The van der Waals surface area contributed by atoms with E-state index in [-0.39, 0.29) is 6.42 Å². The van der Waals surface area contributed by atoms with Gasteiger partial charge < -0.3 is 15.2 Å². The molecule has 0 aliphatic carbocycles. The zero-order chi connectivity index (χ0) is 23.2. The van der Waals surface area contributed by atoms with Crippen LogP contribution >= 0.6 is 11.6 Å². The minimum Gasteiger partial charge on any atom is -0.489 e. The van der Waals surface area contributed by atoms with Crippen molar-refractivity contribution in [2.45, 2.75) is 19.1 Å². The smallest absolute Gasteiger partial charge is 0.326 e. The molecule has 0 saturated heterocycles. The van der Waals surface area contributed by atoms with E-state index in [9.17, 15) is 14.7 Å². The van der Waals surface area contributed by atoms with Gasteiger partial charge in [0.25, 0.3) is 5.91 Å². The predicted octanol–water partition coefficient (Wildman–Crippen LogP) is 5.50. The van der Waals surface area contributed by atoms with Crippen molar-refractivity contribution in [2.24, 2.45) is 0 Å². The Morgan fingerprint density at radius 2 is 1.58 bits per heavy atom. The molecule has 2 N–H and O–H groups in total. The zero-order valence-electron chi connectivity index (χ0n) is 17.7. The molecule has 0 aliphatic rings. The Morgan fingerprint density at radius 3 is 2.33 bits per heavy atom. The number of rotatable bonds is 8. The molecule has 0 aromatic heterocycles. The van der Waals surface area contributed by atoms with Gasteiger partial charge in [-0.25, -0.2) is 4.79 Å². The molecule has 5 nitrogen and oxygen atoms in total. The maximum absolute atomic E-state index is 12.7. The van der Waals surface area contributed by atoms with Crippen LogP contribution in [0.1, 0.15) is 21.5 Å². The molecule has 166 valence electrons. The van der Waals surface area contributed by atoms with Crippen LogP contribution in [0.25, 0.3) is 10.8 Å². The van der Waals surface area contributed by atoms with Crippen LogP contribution in [0.15, 0.2) is 91.0 Å². The summed E-state index contributed by atoms with van der Waals surface area (Å²) in [5, 5.41) is 14.6. The van der Waals surface area contributed by atoms with Gasteiger partial charge in [-0.1, -0.05) is 72.3 Å². The van der Waals surface area contributed by atoms with E-state index < -0.39 is 17.9 Å². The Balaban J connectivity index is 1.45. The predicted molar refractivity (Wildman–Crippen MR) is 129 cm³/mol. The number of nitrogens with one attached hydrogen (secondary N) is 1. The van der Waals surface area contributed by atoms with Crippen LogP contribution < -0.4 is 10.1 Å². The van der Waals surface area contributed by atoms with Crippen LogP contribution in [-0.2, 0) is 17.8 Å². The molecule has 0 fully saturated rings. The molecule has 0 spiro atoms.